The van der Waals surface area contributed by atoms with Crippen LogP contribution in [0.5, 0.6) is 5.75 Å². The summed E-state index contributed by atoms with van der Waals surface area (Å²) in [5, 5.41) is 0. The Kier molecular flexibility index (Phi) is 6.39. The molecular weight excluding hydrogens is 354 g/mol. The van der Waals surface area contributed by atoms with Gasteiger partial charge >= 0.3 is 5.97 Å². The van der Waals surface area contributed by atoms with E-state index in [0.29, 0.717) is 5.75 Å². The van der Waals surface area contributed by atoms with Crippen LogP contribution in [0.4, 0.5) is 0 Å². The van der Waals surface area contributed by atoms with Crippen molar-refractivity contribution in [3.05, 3.63) is 59.2 Å². The summed E-state index contributed by atoms with van der Waals surface area (Å²) in [5.41, 5.74) is 1.92. The quantitative estimate of drug-likeness (QED) is 0.749. The molecule has 0 spiro atoms. The number of hydrogen-bond donors (Lipinski definition) is 1. The Hall–Kier alpha value is -2.38. The minimum atomic E-state index is -3.83. The van der Waals surface area contributed by atoms with E-state index >= 15 is 0 Å². The summed E-state index contributed by atoms with van der Waals surface area (Å²) in [6.45, 7) is 5.58. The second-order valence-electron chi connectivity index (χ2n) is 5.84. The van der Waals surface area contributed by atoms with Crippen molar-refractivity contribution in [3.63, 3.8) is 0 Å². The van der Waals surface area contributed by atoms with Gasteiger partial charge in [-0.3, -0.25) is 0 Å². The topological polar surface area (TPSA) is 81.7 Å². The van der Waals surface area contributed by atoms with Crippen LogP contribution in [0.1, 0.15) is 41.4 Å². The van der Waals surface area contributed by atoms with Crippen molar-refractivity contribution < 1.29 is 22.7 Å². The average molecular weight is 377 g/mol. The molecule has 1 atom stereocenters. The maximum atomic E-state index is 12.7. The fourth-order valence-corrected chi connectivity index (χ4v) is 3.83. The summed E-state index contributed by atoms with van der Waals surface area (Å²) in [6.07, 6.45) is 0. The van der Waals surface area contributed by atoms with Crippen LogP contribution in [0.15, 0.2) is 47.4 Å². The SMILES string of the molecule is CCOC(=O)c1cccc(S(=O)(=O)NC(C)c2cc(C)ccc2OC)c1. The van der Waals surface area contributed by atoms with Crippen LogP contribution < -0.4 is 9.46 Å². The molecule has 0 heterocycles. The van der Waals surface area contributed by atoms with E-state index in [0.717, 1.165) is 11.1 Å². The highest BCUT2D eigenvalue weighted by atomic mass is 32.2. The number of carbonyl (C=O) groups excluding carboxylic acids is 1. The molecular formula is C19H23NO5S. The third kappa shape index (κ3) is 4.62. The van der Waals surface area contributed by atoms with Gasteiger partial charge in [-0.1, -0.05) is 23.8 Å². The van der Waals surface area contributed by atoms with Crippen LogP contribution in [-0.2, 0) is 14.8 Å². The maximum absolute atomic E-state index is 12.7. The fraction of sp³-hybridized carbons (Fsp3) is 0.316. The Labute approximate surface area is 154 Å². The highest BCUT2D eigenvalue weighted by Gasteiger charge is 2.22. The molecule has 0 amide bonds. The number of aryl methyl sites for hydroxylation is 1. The Morgan fingerprint density at radius 3 is 2.58 bits per heavy atom. The van der Waals surface area contributed by atoms with Gasteiger partial charge in [0.05, 0.1) is 24.2 Å². The summed E-state index contributed by atoms with van der Waals surface area (Å²) in [7, 11) is -2.29. The van der Waals surface area contributed by atoms with Crippen molar-refractivity contribution in [1.29, 1.82) is 0 Å². The van der Waals surface area contributed by atoms with Gasteiger partial charge in [0.2, 0.25) is 10.0 Å². The van der Waals surface area contributed by atoms with E-state index in [-0.39, 0.29) is 17.1 Å². The van der Waals surface area contributed by atoms with E-state index in [2.05, 4.69) is 4.72 Å². The number of esters is 1. The largest absolute Gasteiger partial charge is 0.496 e. The summed E-state index contributed by atoms with van der Waals surface area (Å²) >= 11 is 0. The number of rotatable bonds is 7. The lowest BCUT2D eigenvalue weighted by molar-refractivity contribution is 0.0526. The molecule has 0 aliphatic heterocycles. The standard InChI is InChI=1S/C19H23NO5S/c1-5-25-19(21)15-7-6-8-16(12-15)26(22,23)20-14(3)17-11-13(2)9-10-18(17)24-4/h6-12,14,20H,5H2,1-4H3. The van der Waals surface area contributed by atoms with Crippen molar-refractivity contribution in [2.75, 3.05) is 13.7 Å². The molecule has 2 aromatic rings. The zero-order valence-electron chi connectivity index (χ0n) is 15.3. The number of ether oxygens (including phenoxy) is 2. The lowest BCUT2D eigenvalue weighted by Crippen LogP contribution is -2.27. The molecule has 26 heavy (non-hydrogen) atoms. The number of sulfonamides is 1. The zero-order chi connectivity index (χ0) is 19.3. The van der Waals surface area contributed by atoms with Crippen LogP contribution in [0, 0.1) is 6.92 Å². The van der Waals surface area contributed by atoms with Crippen LogP contribution >= 0.6 is 0 Å². The van der Waals surface area contributed by atoms with Crippen LogP contribution in [0.25, 0.3) is 0 Å². The molecule has 0 aliphatic rings. The summed E-state index contributed by atoms with van der Waals surface area (Å²) in [6, 6.07) is 10.8. The first-order valence-corrected chi connectivity index (χ1v) is 9.71. The Morgan fingerprint density at radius 1 is 1.19 bits per heavy atom. The van der Waals surface area contributed by atoms with E-state index in [1.807, 2.05) is 19.1 Å². The second-order valence-corrected chi connectivity index (χ2v) is 7.55. The number of hydrogen-bond acceptors (Lipinski definition) is 5. The Balaban J connectivity index is 2.30. The van der Waals surface area contributed by atoms with Gasteiger partial charge in [-0.2, -0.15) is 0 Å². The predicted octanol–water partition coefficient (Wildman–Crippen LogP) is 3.22. The van der Waals surface area contributed by atoms with E-state index in [9.17, 15) is 13.2 Å². The van der Waals surface area contributed by atoms with Crippen molar-refractivity contribution in [1.82, 2.24) is 4.72 Å². The smallest absolute Gasteiger partial charge is 0.338 e. The van der Waals surface area contributed by atoms with Gasteiger partial charge in [-0.25, -0.2) is 17.9 Å². The molecule has 2 rings (SSSR count). The molecule has 0 saturated heterocycles. The summed E-state index contributed by atoms with van der Waals surface area (Å²) in [5.74, 6) is 0.0454. The molecule has 0 aromatic heterocycles. The molecule has 0 aliphatic carbocycles. The molecule has 6 nitrogen and oxygen atoms in total. The van der Waals surface area contributed by atoms with E-state index < -0.39 is 22.0 Å². The lowest BCUT2D eigenvalue weighted by atomic mass is 10.1. The van der Waals surface area contributed by atoms with Crippen LogP contribution in [0.2, 0.25) is 0 Å². The molecule has 0 fully saturated rings. The van der Waals surface area contributed by atoms with Crippen LogP contribution in [0.3, 0.4) is 0 Å². The number of benzene rings is 2. The van der Waals surface area contributed by atoms with Gasteiger partial charge in [-0.15, -0.1) is 0 Å². The van der Waals surface area contributed by atoms with Gasteiger partial charge in [0.1, 0.15) is 5.75 Å². The van der Waals surface area contributed by atoms with E-state index in [1.165, 1.54) is 31.4 Å². The third-order valence-electron chi connectivity index (χ3n) is 3.84. The van der Waals surface area contributed by atoms with Gasteiger partial charge < -0.3 is 9.47 Å². The number of carbonyl (C=O) groups is 1. The third-order valence-corrected chi connectivity index (χ3v) is 5.38. The van der Waals surface area contributed by atoms with Gasteiger partial charge in [0.25, 0.3) is 0 Å². The Morgan fingerprint density at radius 2 is 1.92 bits per heavy atom. The molecule has 0 saturated carbocycles. The fourth-order valence-electron chi connectivity index (χ4n) is 2.56. The average Bonchev–Trinajstić information content (AvgIpc) is 2.61. The van der Waals surface area contributed by atoms with Gasteiger partial charge in [-0.05, 0) is 45.0 Å². The number of methoxy groups -OCH3 is 1. The van der Waals surface area contributed by atoms with Crippen molar-refractivity contribution in [3.8, 4) is 5.75 Å². The summed E-state index contributed by atoms with van der Waals surface area (Å²) in [4.78, 5) is 11.8. The molecule has 2 aromatic carbocycles. The van der Waals surface area contributed by atoms with Gasteiger partial charge in [0, 0.05) is 11.6 Å². The molecule has 0 bridgehead atoms. The Bertz CT molecular complexity index is 893. The first-order valence-electron chi connectivity index (χ1n) is 8.22. The van der Waals surface area contributed by atoms with Crippen molar-refractivity contribution >= 4 is 16.0 Å². The maximum Gasteiger partial charge on any atom is 0.338 e. The minimum absolute atomic E-state index is 0.00141. The normalized spacial score (nSPS) is 12.5. The molecule has 1 unspecified atom stereocenters. The van der Waals surface area contributed by atoms with Crippen molar-refractivity contribution in [2.45, 2.75) is 31.7 Å². The monoisotopic (exact) mass is 377 g/mol. The molecule has 1 N–H and O–H groups in total. The predicted molar refractivity (Wildman–Crippen MR) is 98.9 cm³/mol. The minimum Gasteiger partial charge on any atom is -0.496 e. The highest BCUT2D eigenvalue weighted by Crippen LogP contribution is 2.27. The second kappa shape index (κ2) is 8.33. The molecule has 140 valence electrons. The summed E-state index contributed by atoms with van der Waals surface area (Å²) < 4.78 is 38.3. The molecule has 0 radical (unpaired) electrons. The van der Waals surface area contributed by atoms with E-state index in [1.54, 1.807) is 19.9 Å². The highest BCUT2D eigenvalue weighted by molar-refractivity contribution is 7.89. The van der Waals surface area contributed by atoms with Gasteiger partial charge in [0.15, 0.2) is 0 Å². The van der Waals surface area contributed by atoms with Crippen LogP contribution in [-0.4, -0.2) is 28.1 Å². The lowest BCUT2D eigenvalue weighted by Gasteiger charge is -2.18. The zero-order valence-corrected chi connectivity index (χ0v) is 16.1. The van der Waals surface area contributed by atoms with E-state index in [4.69, 9.17) is 9.47 Å². The first kappa shape index (κ1) is 19.9. The van der Waals surface area contributed by atoms with Crippen molar-refractivity contribution in [2.24, 2.45) is 0 Å². The first-order chi connectivity index (χ1) is 12.3. The number of nitrogens with one attached hydrogen (secondary N) is 1. The molecule has 7 heteroatoms.